The number of hydrogen-bond donors (Lipinski definition) is 1. The Labute approximate surface area is 90.4 Å². The van der Waals surface area contributed by atoms with Gasteiger partial charge >= 0.3 is 0 Å². The maximum absolute atomic E-state index is 5.34. The lowest BCUT2D eigenvalue weighted by Crippen LogP contribution is -2.43. The Morgan fingerprint density at radius 3 is 2.53 bits per heavy atom. The van der Waals surface area contributed by atoms with E-state index in [0.29, 0.717) is 12.1 Å². The molecule has 2 unspecified atom stereocenters. The van der Waals surface area contributed by atoms with Crippen molar-refractivity contribution >= 4 is 0 Å². The summed E-state index contributed by atoms with van der Waals surface area (Å²) >= 11 is 0. The fraction of sp³-hybridized carbons (Fsp3) is 0.500. The van der Waals surface area contributed by atoms with Gasteiger partial charge in [0.1, 0.15) is 11.5 Å². The van der Waals surface area contributed by atoms with E-state index in [4.69, 9.17) is 9.47 Å². The summed E-state index contributed by atoms with van der Waals surface area (Å²) in [6.07, 6.45) is 1.16. The summed E-state index contributed by atoms with van der Waals surface area (Å²) in [6, 6.07) is 6.93. The zero-order chi connectivity index (χ0) is 10.8. The third kappa shape index (κ3) is 1.92. The van der Waals surface area contributed by atoms with E-state index in [2.05, 4.69) is 12.2 Å². The van der Waals surface area contributed by atoms with Crippen LogP contribution in [-0.2, 0) is 0 Å². The molecule has 82 valence electrons. The minimum absolute atomic E-state index is 0.407. The zero-order valence-electron chi connectivity index (χ0n) is 9.41. The molecule has 15 heavy (non-hydrogen) atoms. The molecule has 0 amide bonds. The molecule has 0 aromatic heterocycles. The van der Waals surface area contributed by atoms with E-state index >= 15 is 0 Å². The van der Waals surface area contributed by atoms with Crippen LogP contribution in [0.3, 0.4) is 0 Å². The van der Waals surface area contributed by atoms with Gasteiger partial charge in [-0.3, -0.25) is 0 Å². The van der Waals surface area contributed by atoms with Gasteiger partial charge < -0.3 is 14.8 Å². The SMILES string of the molecule is COc1ccc(OC)c(C2CC(C)N2)c1. The van der Waals surface area contributed by atoms with Gasteiger partial charge in [0.25, 0.3) is 0 Å². The van der Waals surface area contributed by atoms with Gasteiger partial charge in [-0.2, -0.15) is 0 Å². The predicted molar refractivity (Wildman–Crippen MR) is 59.5 cm³/mol. The third-order valence-corrected chi connectivity index (χ3v) is 2.89. The van der Waals surface area contributed by atoms with Crippen molar-refractivity contribution in [3.63, 3.8) is 0 Å². The van der Waals surface area contributed by atoms with Gasteiger partial charge in [0.05, 0.1) is 14.2 Å². The topological polar surface area (TPSA) is 30.5 Å². The van der Waals surface area contributed by atoms with E-state index in [1.54, 1.807) is 14.2 Å². The summed E-state index contributed by atoms with van der Waals surface area (Å²) in [4.78, 5) is 0. The highest BCUT2D eigenvalue weighted by atomic mass is 16.5. The standard InChI is InChI=1S/C12H17NO2/c1-8-6-11(13-8)10-7-9(14-2)4-5-12(10)15-3/h4-5,7-8,11,13H,6H2,1-3H3. The van der Waals surface area contributed by atoms with Crippen molar-refractivity contribution in [2.24, 2.45) is 0 Å². The molecule has 2 rings (SSSR count). The number of ether oxygens (including phenoxy) is 2. The highest BCUT2D eigenvalue weighted by Gasteiger charge is 2.28. The second-order valence-electron chi connectivity index (χ2n) is 3.96. The molecular formula is C12H17NO2. The first-order chi connectivity index (χ1) is 7.24. The van der Waals surface area contributed by atoms with E-state index < -0.39 is 0 Å². The second kappa shape index (κ2) is 4.11. The molecule has 1 aromatic carbocycles. The van der Waals surface area contributed by atoms with Gasteiger partial charge in [-0.1, -0.05) is 0 Å². The van der Waals surface area contributed by atoms with Crippen molar-refractivity contribution in [2.75, 3.05) is 14.2 Å². The number of methoxy groups -OCH3 is 2. The van der Waals surface area contributed by atoms with E-state index in [1.165, 1.54) is 5.56 Å². The molecule has 1 aliphatic heterocycles. The summed E-state index contributed by atoms with van der Waals surface area (Å²) in [5.74, 6) is 1.81. The van der Waals surface area contributed by atoms with Crippen molar-refractivity contribution in [3.8, 4) is 11.5 Å². The minimum atomic E-state index is 0.407. The smallest absolute Gasteiger partial charge is 0.123 e. The Balaban J connectivity index is 2.26. The maximum Gasteiger partial charge on any atom is 0.123 e. The Bertz CT molecular complexity index is 345. The van der Waals surface area contributed by atoms with Crippen LogP contribution < -0.4 is 14.8 Å². The quantitative estimate of drug-likeness (QED) is 0.823. The van der Waals surface area contributed by atoms with Crippen LogP contribution in [-0.4, -0.2) is 20.3 Å². The van der Waals surface area contributed by atoms with E-state index in [1.807, 2.05) is 18.2 Å². The Hall–Kier alpha value is -1.22. The first-order valence-electron chi connectivity index (χ1n) is 5.22. The molecule has 0 saturated carbocycles. The van der Waals surface area contributed by atoms with Gasteiger partial charge in [-0.15, -0.1) is 0 Å². The molecule has 1 N–H and O–H groups in total. The highest BCUT2D eigenvalue weighted by molar-refractivity contribution is 5.43. The van der Waals surface area contributed by atoms with Gasteiger partial charge in [0, 0.05) is 17.6 Å². The van der Waals surface area contributed by atoms with Crippen LogP contribution in [0.4, 0.5) is 0 Å². The average molecular weight is 207 g/mol. The molecule has 3 heteroatoms. The summed E-state index contributed by atoms with van der Waals surface area (Å²) < 4.78 is 10.6. The molecule has 0 radical (unpaired) electrons. The fourth-order valence-electron chi connectivity index (χ4n) is 2.00. The second-order valence-corrected chi connectivity index (χ2v) is 3.96. The molecular weight excluding hydrogens is 190 g/mol. The van der Waals surface area contributed by atoms with Crippen LogP contribution in [0.5, 0.6) is 11.5 Å². The molecule has 0 spiro atoms. The Morgan fingerprint density at radius 2 is 2.00 bits per heavy atom. The van der Waals surface area contributed by atoms with E-state index in [9.17, 15) is 0 Å². The highest BCUT2D eigenvalue weighted by Crippen LogP contribution is 2.35. The predicted octanol–water partition coefficient (Wildman–Crippen LogP) is 2.13. The van der Waals surface area contributed by atoms with Crippen LogP contribution in [0.25, 0.3) is 0 Å². The van der Waals surface area contributed by atoms with Crippen LogP contribution in [0.1, 0.15) is 24.9 Å². The van der Waals surface area contributed by atoms with Crippen LogP contribution in [0.2, 0.25) is 0 Å². The van der Waals surface area contributed by atoms with Crippen LogP contribution in [0.15, 0.2) is 18.2 Å². The summed E-state index contributed by atoms with van der Waals surface area (Å²) in [5, 5.41) is 3.45. The van der Waals surface area contributed by atoms with Crippen molar-refractivity contribution in [1.29, 1.82) is 0 Å². The monoisotopic (exact) mass is 207 g/mol. The van der Waals surface area contributed by atoms with Crippen molar-refractivity contribution in [3.05, 3.63) is 23.8 Å². The average Bonchev–Trinajstić information content (AvgIpc) is 2.24. The van der Waals surface area contributed by atoms with E-state index in [0.717, 1.165) is 17.9 Å². The lowest BCUT2D eigenvalue weighted by Gasteiger charge is -2.36. The number of benzene rings is 1. The maximum atomic E-state index is 5.34. The number of nitrogens with one attached hydrogen (secondary N) is 1. The van der Waals surface area contributed by atoms with Crippen molar-refractivity contribution in [2.45, 2.75) is 25.4 Å². The van der Waals surface area contributed by atoms with Crippen molar-refractivity contribution in [1.82, 2.24) is 5.32 Å². The Morgan fingerprint density at radius 1 is 1.27 bits per heavy atom. The first kappa shape index (κ1) is 10.3. The van der Waals surface area contributed by atoms with Gasteiger partial charge in [-0.25, -0.2) is 0 Å². The zero-order valence-corrected chi connectivity index (χ0v) is 9.41. The molecule has 1 saturated heterocycles. The number of hydrogen-bond acceptors (Lipinski definition) is 3. The molecule has 0 aliphatic carbocycles. The summed E-state index contributed by atoms with van der Waals surface area (Å²) in [5.41, 5.74) is 1.19. The molecule has 1 aliphatic rings. The van der Waals surface area contributed by atoms with Crippen LogP contribution in [0, 0.1) is 0 Å². The first-order valence-corrected chi connectivity index (χ1v) is 5.22. The van der Waals surface area contributed by atoms with E-state index in [-0.39, 0.29) is 0 Å². The Kier molecular flexibility index (Phi) is 2.82. The largest absolute Gasteiger partial charge is 0.497 e. The lowest BCUT2D eigenvalue weighted by molar-refractivity contribution is 0.277. The molecule has 1 heterocycles. The third-order valence-electron chi connectivity index (χ3n) is 2.89. The lowest BCUT2D eigenvalue weighted by atomic mass is 9.91. The molecule has 1 fully saturated rings. The normalized spacial score (nSPS) is 24.5. The fourth-order valence-corrected chi connectivity index (χ4v) is 2.00. The summed E-state index contributed by atoms with van der Waals surface area (Å²) in [7, 11) is 3.38. The van der Waals surface area contributed by atoms with Crippen molar-refractivity contribution < 1.29 is 9.47 Å². The van der Waals surface area contributed by atoms with Gasteiger partial charge in [0.2, 0.25) is 0 Å². The molecule has 3 nitrogen and oxygen atoms in total. The van der Waals surface area contributed by atoms with Gasteiger partial charge in [0.15, 0.2) is 0 Å². The van der Waals surface area contributed by atoms with Crippen LogP contribution >= 0.6 is 0 Å². The van der Waals surface area contributed by atoms with Gasteiger partial charge in [-0.05, 0) is 31.5 Å². The number of rotatable bonds is 3. The molecule has 1 aromatic rings. The summed E-state index contributed by atoms with van der Waals surface area (Å²) in [6.45, 7) is 2.18. The molecule has 2 atom stereocenters. The minimum Gasteiger partial charge on any atom is -0.497 e. The molecule has 0 bridgehead atoms.